The number of thiocarbonyl (C=S) groups is 1. The third-order valence-corrected chi connectivity index (χ3v) is 5.44. The summed E-state index contributed by atoms with van der Waals surface area (Å²) in [7, 11) is 0. The lowest BCUT2D eigenvalue weighted by Crippen LogP contribution is -2.44. The third-order valence-electron chi connectivity index (χ3n) is 5.12. The van der Waals surface area contributed by atoms with E-state index in [1.54, 1.807) is 18.2 Å². The first kappa shape index (κ1) is 19.6. The zero-order valence-corrected chi connectivity index (χ0v) is 16.6. The molecule has 1 unspecified atom stereocenters. The van der Waals surface area contributed by atoms with Gasteiger partial charge < -0.3 is 10.2 Å². The molecule has 1 atom stereocenters. The molecule has 0 spiro atoms. The Morgan fingerprint density at radius 2 is 1.79 bits per heavy atom. The van der Waals surface area contributed by atoms with Crippen LogP contribution in [0.25, 0.3) is 10.9 Å². The summed E-state index contributed by atoms with van der Waals surface area (Å²) in [5.74, 6) is -1.48. The minimum Gasteiger partial charge on any atom is -0.343 e. The van der Waals surface area contributed by atoms with E-state index in [2.05, 4.69) is 10.3 Å². The highest BCUT2D eigenvalue weighted by molar-refractivity contribution is 7.80. The molecule has 4 rings (SSSR count). The molecule has 1 heterocycles. The number of hydrogen-bond acceptors (Lipinski definition) is 2. The van der Waals surface area contributed by atoms with Crippen molar-refractivity contribution in [1.82, 2.24) is 9.88 Å². The molecule has 1 saturated carbocycles. The molecule has 1 fully saturated rings. The van der Waals surface area contributed by atoms with E-state index in [-0.39, 0.29) is 29.9 Å². The smallest absolute Gasteiger partial charge is 0.173 e. The highest BCUT2D eigenvalue weighted by atomic mass is 32.1. The quantitative estimate of drug-likeness (QED) is 0.562. The Morgan fingerprint density at radius 3 is 2.48 bits per heavy atom. The van der Waals surface area contributed by atoms with Crippen molar-refractivity contribution in [2.75, 3.05) is 5.32 Å². The van der Waals surface area contributed by atoms with Gasteiger partial charge in [-0.1, -0.05) is 18.2 Å². The molecule has 0 bridgehead atoms. The number of benzene rings is 2. The minimum atomic E-state index is -0.549. The lowest BCUT2D eigenvalue weighted by atomic mass is 10.0. The van der Waals surface area contributed by atoms with E-state index in [9.17, 15) is 13.2 Å². The fourth-order valence-electron chi connectivity index (χ4n) is 3.58. The van der Waals surface area contributed by atoms with E-state index in [1.165, 1.54) is 30.5 Å². The molecule has 1 N–H and O–H groups in total. The van der Waals surface area contributed by atoms with E-state index in [4.69, 9.17) is 12.2 Å². The predicted octanol–water partition coefficient (Wildman–Crippen LogP) is 5.44. The van der Waals surface area contributed by atoms with Crippen molar-refractivity contribution in [3.63, 3.8) is 0 Å². The molecule has 1 aromatic heterocycles. The van der Waals surface area contributed by atoms with Gasteiger partial charge in [0.2, 0.25) is 0 Å². The summed E-state index contributed by atoms with van der Waals surface area (Å²) in [4.78, 5) is 6.17. The SMILES string of the molecule is CC(Cc1c(F)cccc1F)N(C(=S)Nc1cnc2c(F)cccc2c1)C1CC1. The van der Waals surface area contributed by atoms with Crippen molar-refractivity contribution in [2.45, 2.75) is 38.3 Å². The van der Waals surface area contributed by atoms with Gasteiger partial charge >= 0.3 is 0 Å². The van der Waals surface area contributed by atoms with Crippen molar-refractivity contribution in [3.05, 3.63) is 71.7 Å². The standard InChI is InChI=1S/C22H20F3N3S/c1-13(10-17-18(23)5-3-6-19(17)24)28(16-8-9-16)22(29)27-15-11-14-4-2-7-20(25)21(14)26-12-15/h2-7,11-13,16H,8-10H2,1H3,(H,27,29). The van der Waals surface area contributed by atoms with E-state index in [0.717, 1.165) is 12.8 Å². The first-order chi connectivity index (χ1) is 13.9. The number of nitrogens with one attached hydrogen (secondary N) is 1. The maximum atomic E-state index is 14.1. The van der Waals surface area contributed by atoms with Crippen LogP contribution in [0.3, 0.4) is 0 Å². The molecule has 0 aliphatic heterocycles. The maximum Gasteiger partial charge on any atom is 0.173 e. The number of pyridine rings is 1. The van der Waals surface area contributed by atoms with Crippen molar-refractivity contribution in [3.8, 4) is 0 Å². The third kappa shape index (κ3) is 4.19. The van der Waals surface area contributed by atoms with Crippen molar-refractivity contribution < 1.29 is 13.2 Å². The van der Waals surface area contributed by atoms with Crippen LogP contribution in [0, 0.1) is 17.5 Å². The largest absolute Gasteiger partial charge is 0.343 e. The molecule has 29 heavy (non-hydrogen) atoms. The predicted molar refractivity (Wildman–Crippen MR) is 112 cm³/mol. The number of para-hydroxylation sites is 1. The Kier molecular flexibility index (Phi) is 5.41. The number of hydrogen-bond donors (Lipinski definition) is 1. The molecule has 3 aromatic rings. The number of aromatic nitrogens is 1. The van der Waals surface area contributed by atoms with Crippen LogP contribution < -0.4 is 5.32 Å². The molecule has 1 aliphatic rings. The molecule has 3 nitrogen and oxygen atoms in total. The van der Waals surface area contributed by atoms with E-state index in [1.807, 2.05) is 11.8 Å². The fraction of sp³-hybridized carbons (Fsp3) is 0.273. The van der Waals surface area contributed by atoms with Gasteiger partial charge in [-0.2, -0.15) is 0 Å². The summed E-state index contributed by atoms with van der Waals surface area (Å²) in [5.41, 5.74) is 1.01. The molecule has 0 amide bonds. The van der Waals surface area contributed by atoms with Crippen LogP contribution in [0.1, 0.15) is 25.3 Å². The van der Waals surface area contributed by atoms with Crippen LogP contribution in [0.2, 0.25) is 0 Å². The Bertz CT molecular complexity index is 1050. The molecule has 2 aromatic carbocycles. The van der Waals surface area contributed by atoms with Gasteiger partial charge in [0.25, 0.3) is 0 Å². The number of nitrogens with zero attached hydrogens (tertiary/aromatic N) is 2. The maximum absolute atomic E-state index is 14.1. The Morgan fingerprint density at radius 1 is 1.14 bits per heavy atom. The summed E-state index contributed by atoms with van der Waals surface area (Å²) in [6.07, 6.45) is 3.70. The molecule has 7 heteroatoms. The molecular formula is C22H20F3N3S. The van der Waals surface area contributed by atoms with Gasteiger partial charge in [-0.05, 0) is 62.7 Å². The first-order valence-electron chi connectivity index (χ1n) is 9.50. The number of rotatable bonds is 5. The minimum absolute atomic E-state index is 0.0660. The number of halogens is 3. The molecular weight excluding hydrogens is 395 g/mol. The topological polar surface area (TPSA) is 28.2 Å². The van der Waals surface area contributed by atoms with Crippen LogP contribution in [0.5, 0.6) is 0 Å². The second kappa shape index (κ2) is 7.99. The normalized spacial score (nSPS) is 14.6. The van der Waals surface area contributed by atoms with Gasteiger partial charge in [0.15, 0.2) is 5.11 Å². The van der Waals surface area contributed by atoms with Crippen molar-refractivity contribution in [1.29, 1.82) is 0 Å². The summed E-state index contributed by atoms with van der Waals surface area (Å²) in [6, 6.07) is 10.5. The van der Waals surface area contributed by atoms with Crippen LogP contribution >= 0.6 is 12.2 Å². The zero-order valence-electron chi connectivity index (χ0n) is 15.8. The summed E-state index contributed by atoms with van der Waals surface area (Å²) in [6.45, 7) is 1.91. The molecule has 0 saturated heterocycles. The molecule has 0 radical (unpaired) electrons. The van der Waals surface area contributed by atoms with E-state index in [0.29, 0.717) is 21.7 Å². The fourth-order valence-corrected chi connectivity index (χ4v) is 4.03. The number of anilines is 1. The van der Waals surface area contributed by atoms with Crippen molar-refractivity contribution in [2.24, 2.45) is 0 Å². The van der Waals surface area contributed by atoms with Gasteiger partial charge in [-0.15, -0.1) is 0 Å². The summed E-state index contributed by atoms with van der Waals surface area (Å²) in [5, 5.41) is 4.29. The van der Waals surface area contributed by atoms with Gasteiger partial charge in [-0.25, -0.2) is 13.2 Å². The van der Waals surface area contributed by atoms with Crippen LogP contribution in [-0.4, -0.2) is 27.1 Å². The Labute approximate surface area is 172 Å². The van der Waals surface area contributed by atoms with Gasteiger partial charge in [0.05, 0.1) is 11.9 Å². The Hall–Kier alpha value is -2.67. The monoisotopic (exact) mass is 415 g/mol. The van der Waals surface area contributed by atoms with Gasteiger partial charge in [-0.3, -0.25) is 4.98 Å². The van der Waals surface area contributed by atoms with Crippen molar-refractivity contribution >= 4 is 33.9 Å². The van der Waals surface area contributed by atoms with E-state index >= 15 is 0 Å². The Balaban J connectivity index is 1.53. The zero-order chi connectivity index (χ0) is 20.5. The van der Waals surface area contributed by atoms with Gasteiger partial charge in [0, 0.05) is 23.0 Å². The highest BCUT2D eigenvalue weighted by Crippen LogP contribution is 2.31. The second-order valence-electron chi connectivity index (χ2n) is 7.36. The lowest BCUT2D eigenvalue weighted by Gasteiger charge is -2.32. The second-order valence-corrected chi connectivity index (χ2v) is 7.74. The van der Waals surface area contributed by atoms with Crippen LogP contribution in [-0.2, 0) is 6.42 Å². The van der Waals surface area contributed by atoms with E-state index < -0.39 is 11.6 Å². The first-order valence-corrected chi connectivity index (χ1v) is 9.91. The summed E-state index contributed by atoms with van der Waals surface area (Å²) < 4.78 is 42.0. The lowest BCUT2D eigenvalue weighted by molar-refractivity contribution is 0.317. The average molecular weight is 415 g/mol. The molecule has 1 aliphatic carbocycles. The van der Waals surface area contributed by atoms with Crippen LogP contribution in [0.15, 0.2) is 48.7 Å². The average Bonchev–Trinajstić information content (AvgIpc) is 3.50. The highest BCUT2D eigenvalue weighted by Gasteiger charge is 2.34. The summed E-state index contributed by atoms with van der Waals surface area (Å²) >= 11 is 5.61. The molecule has 150 valence electrons. The van der Waals surface area contributed by atoms with Crippen LogP contribution in [0.4, 0.5) is 18.9 Å². The van der Waals surface area contributed by atoms with Gasteiger partial charge in [0.1, 0.15) is 23.0 Å². The number of fused-ring (bicyclic) bond motifs is 1.